The van der Waals surface area contributed by atoms with Crippen LogP contribution in [0.25, 0.3) is 0 Å². The van der Waals surface area contributed by atoms with Crippen molar-refractivity contribution in [3.05, 3.63) is 11.6 Å². The van der Waals surface area contributed by atoms with Gasteiger partial charge in [-0.25, -0.2) is 4.89 Å². The summed E-state index contributed by atoms with van der Waals surface area (Å²) in [5.41, 5.74) is 0.947. The summed E-state index contributed by atoms with van der Waals surface area (Å²) in [6.45, 7) is 6.21. The van der Waals surface area contributed by atoms with Crippen LogP contribution in [-0.4, -0.2) is 17.1 Å². The van der Waals surface area contributed by atoms with E-state index in [1.54, 1.807) is 6.08 Å². The highest BCUT2D eigenvalue weighted by Crippen LogP contribution is 2.46. The Bertz CT molecular complexity index is 319. The molecule has 0 heterocycles. The van der Waals surface area contributed by atoms with Crippen LogP contribution >= 0.6 is 0 Å². The molecule has 0 bridgehead atoms. The minimum absolute atomic E-state index is 0.0645. The van der Waals surface area contributed by atoms with E-state index < -0.39 is 0 Å². The quantitative estimate of drug-likeness (QED) is 0.579. The zero-order valence-corrected chi connectivity index (χ0v) is 10.1. The first kappa shape index (κ1) is 11.8. The monoisotopic (exact) mass is 224 g/mol. The van der Waals surface area contributed by atoms with Crippen molar-refractivity contribution >= 4 is 5.78 Å². The average molecular weight is 224 g/mol. The van der Waals surface area contributed by atoms with Crippen LogP contribution in [0.1, 0.15) is 33.6 Å². The molecule has 0 unspecified atom stereocenters. The zero-order valence-electron chi connectivity index (χ0n) is 10.1. The van der Waals surface area contributed by atoms with Gasteiger partial charge in [-0.3, -0.25) is 10.1 Å². The van der Waals surface area contributed by atoms with Crippen molar-refractivity contribution in [1.29, 1.82) is 0 Å². The van der Waals surface area contributed by atoms with Crippen molar-refractivity contribution in [2.45, 2.75) is 39.7 Å². The highest BCUT2D eigenvalue weighted by atomic mass is 17.1. The van der Waals surface area contributed by atoms with Crippen LogP contribution in [0.2, 0.25) is 0 Å². The maximum absolute atomic E-state index is 12.0. The smallest absolute Gasteiger partial charge is 0.159 e. The summed E-state index contributed by atoms with van der Waals surface area (Å²) in [5.74, 6) is 1.16. The van der Waals surface area contributed by atoms with E-state index in [-0.39, 0.29) is 29.6 Å². The zero-order chi connectivity index (χ0) is 11.9. The molecule has 90 valence electrons. The van der Waals surface area contributed by atoms with E-state index >= 15 is 0 Å². The molecule has 2 aliphatic rings. The Labute approximate surface area is 96.4 Å². The summed E-state index contributed by atoms with van der Waals surface area (Å²) < 4.78 is 0. The van der Waals surface area contributed by atoms with Crippen LogP contribution in [0.15, 0.2) is 11.6 Å². The van der Waals surface area contributed by atoms with Gasteiger partial charge < -0.3 is 0 Å². The van der Waals surface area contributed by atoms with E-state index in [0.717, 1.165) is 18.4 Å². The van der Waals surface area contributed by atoms with Crippen LogP contribution in [-0.2, 0) is 9.68 Å². The highest BCUT2D eigenvalue weighted by molar-refractivity contribution is 5.94. The second kappa shape index (κ2) is 4.30. The van der Waals surface area contributed by atoms with Crippen molar-refractivity contribution in [3.63, 3.8) is 0 Å². The molecule has 2 aliphatic carbocycles. The molecule has 1 N–H and O–H groups in total. The van der Waals surface area contributed by atoms with Gasteiger partial charge in [0.1, 0.15) is 6.10 Å². The van der Waals surface area contributed by atoms with Gasteiger partial charge in [0.05, 0.1) is 0 Å². The van der Waals surface area contributed by atoms with Gasteiger partial charge in [-0.1, -0.05) is 20.8 Å². The lowest BCUT2D eigenvalue weighted by atomic mass is 9.73. The molecule has 0 radical (unpaired) electrons. The fourth-order valence-corrected chi connectivity index (χ4v) is 3.27. The lowest BCUT2D eigenvalue weighted by molar-refractivity contribution is -0.285. The average Bonchev–Trinajstić information content (AvgIpc) is 2.61. The number of rotatable bonds is 2. The van der Waals surface area contributed by atoms with Crippen LogP contribution in [0.4, 0.5) is 0 Å². The number of carbonyl (C=O) groups excluding carboxylic acids is 1. The number of hydrogen-bond donors (Lipinski definition) is 1. The van der Waals surface area contributed by atoms with Crippen molar-refractivity contribution in [3.8, 4) is 0 Å². The maximum Gasteiger partial charge on any atom is 0.159 e. The Morgan fingerprint density at radius 2 is 2.12 bits per heavy atom. The van der Waals surface area contributed by atoms with Gasteiger partial charge in [0.15, 0.2) is 5.78 Å². The van der Waals surface area contributed by atoms with Gasteiger partial charge in [-0.2, -0.15) is 0 Å². The minimum Gasteiger partial charge on any atom is -0.295 e. The summed E-state index contributed by atoms with van der Waals surface area (Å²) >= 11 is 0. The van der Waals surface area contributed by atoms with Crippen molar-refractivity contribution in [2.24, 2.45) is 23.7 Å². The SMILES string of the molecule is CC(C)C1=CC(=O)[C@H]2CC[C@@H](C)[C@H]2[C@@H]1OO. The molecule has 1 saturated carbocycles. The van der Waals surface area contributed by atoms with Gasteiger partial charge in [0, 0.05) is 11.8 Å². The number of fused-ring (bicyclic) bond motifs is 1. The van der Waals surface area contributed by atoms with Gasteiger partial charge in [-0.05, 0) is 36.3 Å². The van der Waals surface area contributed by atoms with Gasteiger partial charge in [0.2, 0.25) is 0 Å². The Balaban J connectivity index is 2.36. The molecule has 3 nitrogen and oxygen atoms in total. The van der Waals surface area contributed by atoms with Crippen LogP contribution in [0.5, 0.6) is 0 Å². The van der Waals surface area contributed by atoms with E-state index in [4.69, 9.17) is 5.26 Å². The third kappa shape index (κ3) is 1.72. The Hall–Kier alpha value is -0.670. The normalized spacial score (nSPS) is 38.8. The van der Waals surface area contributed by atoms with Crippen molar-refractivity contribution in [1.82, 2.24) is 0 Å². The van der Waals surface area contributed by atoms with E-state index in [1.165, 1.54) is 0 Å². The summed E-state index contributed by atoms with van der Waals surface area (Å²) in [7, 11) is 0. The second-order valence-electron chi connectivity index (χ2n) is 5.47. The molecular formula is C13H20O3. The molecule has 16 heavy (non-hydrogen) atoms. The van der Waals surface area contributed by atoms with Crippen molar-refractivity contribution < 1.29 is 14.9 Å². The predicted molar refractivity (Wildman–Crippen MR) is 60.8 cm³/mol. The number of carbonyl (C=O) groups is 1. The maximum atomic E-state index is 12.0. The van der Waals surface area contributed by atoms with Gasteiger partial charge in [-0.15, -0.1) is 0 Å². The molecule has 2 rings (SSSR count). The number of hydrogen-bond acceptors (Lipinski definition) is 3. The highest BCUT2D eigenvalue weighted by Gasteiger charge is 2.47. The van der Waals surface area contributed by atoms with Gasteiger partial charge >= 0.3 is 0 Å². The molecule has 0 spiro atoms. The van der Waals surface area contributed by atoms with E-state index in [0.29, 0.717) is 5.92 Å². The molecule has 3 heteroatoms. The van der Waals surface area contributed by atoms with Crippen LogP contribution < -0.4 is 0 Å². The van der Waals surface area contributed by atoms with Crippen LogP contribution in [0.3, 0.4) is 0 Å². The van der Waals surface area contributed by atoms with Gasteiger partial charge in [0.25, 0.3) is 0 Å². The number of ketones is 1. The van der Waals surface area contributed by atoms with Crippen LogP contribution in [0, 0.1) is 23.7 Å². The summed E-state index contributed by atoms with van der Waals surface area (Å²) in [6, 6.07) is 0. The number of allylic oxidation sites excluding steroid dienone is 1. The lowest BCUT2D eigenvalue weighted by Crippen LogP contribution is -2.39. The molecule has 0 aromatic rings. The minimum atomic E-state index is -0.278. The Morgan fingerprint density at radius 3 is 2.69 bits per heavy atom. The molecule has 4 atom stereocenters. The molecule has 0 aromatic heterocycles. The second-order valence-corrected chi connectivity index (χ2v) is 5.47. The predicted octanol–water partition coefficient (Wildman–Crippen LogP) is 2.67. The fourth-order valence-electron chi connectivity index (χ4n) is 3.27. The third-order valence-corrected chi connectivity index (χ3v) is 4.19. The first-order chi connectivity index (χ1) is 7.56. The van der Waals surface area contributed by atoms with E-state index in [1.807, 2.05) is 13.8 Å². The van der Waals surface area contributed by atoms with Crippen molar-refractivity contribution in [2.75, 3.05) is 0 Å². The fraction of sp³-hybridized carbons (Fsp3) is 0.769. The Kier molecular flexibility index (Phi) is 3.17. The Morgan fingerprint density at radius 1 is 1.44 bits per heavy atom. The third-order valence-electron chi connectivity index (χ3n) is 4.19. The topological polar surface area (TPSA) is 46.5 Å². The summed E-state index contributed by atoms with van der Waals surface area (Å²) in [6.07, 6.45) is 3.41. The first-order valence-electron chi connectivity index (χ1n) is 6.11. The first-order valence-corrected chi connectivity index (χ1v) is 6.11. The molecule has 0 amide bonds. The van der Waals surface area contributed by atoms with E-state index in [2.05, 4.69) is 11.8 Å². The molecular weight excluding hydrogens is 204 g/mol. The molecule has 0 saturated heterocycles. The standard InChI is InChI=1S/C13H20O3/c1-7(2)10-6-11(14)9-5-4-8(3)12(9)13(10)16-15/h6-9,12-13,15H,4-5H2,1-3H3/t8-,9-,12-,13-/m1/s1. The van der Waals surface area contributed by atoms with E-state index in [9.17, 15) is 4.79 Å². The summed E-state index contributed by atoms with van der Waals surface area (Å²) in [4.78, 5) is 16.7. The molecule has 1 fully saturated rings. The lowest BCUT2D eigenvalue weighted by Gasteiger charge is -2.35. The largest absolute Gasteiger partial charge is 0.295 e. The molecule has 0 aromatic carbocycles. The summed E-state index contributed by atoms with van der Waals surface area (Å²) in [5, 5.41) is 9.11. The molecule has 0 aliphatic heterocycles.